The van der Waals surface area contributed by atoms with Gasteiger partial charge in [0.2, 0.25) is 0 Å². The van der Waals surface area contributed by atoms with Crippen molar-refractivity contribution in [2.24, 2.45) is 29.4 Å². The summed E-state index contributed by atoms with van der Waals surface area (Å²) in [6.07, 6.45) is 7.19. The minimum atomic E-state index is 0.500. The van der Waals surface area contributed by atoms with E-state index < -0.39 is 0 Å². The first-order valence-corrected chi connectivity index (χ1v) is 8.39. The molecule has 2 N–H and O–H groups in total. The molecule has 108 valence electrons. The molecule has 20 heavy (non-hydrogen) atoms. The van der Waals surface area contributed by atoms with Crippen molar-refractivity contribution in [1.82, 2.24) is 0 Å². The SMILES string of the molecule is Cc1ccc(C23CC4CC(C2)C(CN)C(C4)C3)c(C)c1. The van der Waals surface area contributed by atoms with Gasteiger partial charge in [-0.3, -0.25) is 0 Å². The zero-order chi connectivity index (χ0) is 13.9. The largest absolute Gasteiger partial charge is 0.330 e. The lowest BCUT2D eigenvalue weighted by atomic mass is 9.44. The van der Waals surface area contributed by atoms with Gasteiger partial charge >= 0.3 is 0 Å². The molecule has 2 atom stereocenters. The number of hydrogen-bond acceptors (Lipinski definition) is 1. The van der Waals surface area contributed by atoms with Crippen LogP contribution >= 0.6 is 0 Å². The van der Waals surface area contributed by atoms with Crippen LogP contribution in [0.15, 0.2) is 18.2 Å². The maximum absolute atomic E-state index is 6.09. The van der Waals surface area contributed by atoms with E-state index in [1.54, 1.807) is 5.56 Å². The Hall–Kier alpha value is -0.820. The minimum Gasteiger partial charge on any atom is -0.330 e. The molecule has 0 aliphatic heterocycles. The van der Waals surface area contributed by atoms with Crippen LogP contribution in [0.4, 0.5) is 0 Å². The molecule has 4 aliphatic rings. The maximum atomic E-state index is 6.09. The van der Waals surface area contributed by atoms with Crippen molar-refractivity contribution in [3.63, 3.8) is 0 Å². The molecule has 1 aromatic rings. The molecule has 4 bridgehead atoms. The van der Waals surface area contributed by atoms with Crippen LogP contribution in [-0.4, -0.2) is 6.54 Å². The predicted octanol–water partition coefficient (Wildman–Crippen LogP) is 3.96. The smallest absolute Gasteiger partial charge is 0.00362 e. The van der Waals surface area contributed by atoms with Crippen LogP contribution in [0.5, 0.6) is 0 Å². The fourth-order valence-corrected chi connectivity index (χ4v) is 6.25. The molecule has 1 aromatic carbocycles. The van der Waals surface area contributed by atoms with Crippen LogP contribution in [0.3, 0.4) is 0 Å². The van der Waals surface area contributed by atoms with Gasteiger partial charge in [0.15, 0.2) is 0 Å². The summed E-state index contributed by atoms with van der Waals surface area (Å²) >= 11 is 0. The summed E-state index contributed by atoms with van der Waals surface area (Å²) in [5.41, 5.74) is 11.2. The summed E-state index contributed by atoms with van der Waals surface area (Å²) in [6, 6.07) is 7.14. The third-order valence-electron chi connectivity index (χ3n) is 6.69. The summed E-state index contributed by atoms with van der Waals surface area (Å²) in [7, 11) is 0. The lowest BCUT2D eigenvalue weighted by Gasteiger charge is -2.60. The molecule has 4 saturated carbocycles. The highest BCUT2D eigenvalue weighted by molar-refractivity contribution is 5.38. The molecule has 0 spiro atoms. The molecule has 1 nitrogen and oxygen atoms in total. The Morgan fingerprint density at radius 3 is 2.40 bits per heavy atom. The third kappa shape index (κ3) is 1.72. The number of nitrogens with two attached hydrogens (primary N) is 1. The Morgan fingerprint density at radius 2 is 1.80 bits per heavy atom. The van der Waals surface area contributed by atoms with Crippen molar-refractivity contribution >= 4 is 0 Å². The second-order valence-electron chi connectivity index (χ2n) is 7.97. The highest BCUT2D eigenvalue weighted by Crippen LogP contribution is 2.62. The van der Waals surface area contributed by atoms with Gasteiger partial charge < -0.3 is 5.73 Å². The van der Waals surface area contributed by atoms with E-state index in [0.29, 0.717) is 5.41 Å². The normalized spacial score (nSPS) is 42.1. The topological polar surface area (TPSA) is 26.0 Å². The van der Waals surface area contributed by atoms with E-state index in [-0.39, 0.29) is 0 Å². The van der Waals surface area contributed by atoms with Gasteiger partial charge in [-0.2, -0.15) is 0 Å². The minimum absolute atomic E-state index is 0.500. The van der Waals surface area contributed by atoms with Crippen molar-refractivity contribution in [2.75, 3.05) is 6.54 Å². The molecule has 0 amide bonds. The van der Waals surface area contributed by atoms with Crippen LogP contribution < -0.4 is 5.73 Å². The molecule has 0 saturated heterocycles. The van der Waals surface area contributed by atoms with E-state index in [1.165, 1.54) is 43.2 Å². The summed E-state index contributed by atoms with van der Waals surface area (Å²) < 4.78 is 0. The van der Waals surface area contributed by atoms with Gasteiger partial charge in [-0.25, -0.2) is 0 Å². The fraction of sp³-hybridized carbons (Fsp3) is 0.684. The van der Waals surface area contributed by atoms with E-state index >= 15 is 0 Å². The molecule has 4 aliphatic carbocycles. The highest BCUT2D eigenvalue weighted by Gasteiger charge is 2.55. The highest BCUT2D eigenvalue weighted by atomic mass is 14.7. The van der Waals surface area contributed by atoms with E-state index in [4.69, 9.17) is 5.73 Å². The third-order valence-corrected chi connectivity index (χ3v) is 6.69. The molecule has 0 heterocycles. The van der Waals surface area contributed by atoms with Crippen LogP contribution in [0.2, 0.25) is 0 Å². The van der Waals surface area contributed by atoms with Crippen molar-refractivity contribution in [3.05, 3.63) is 34.9 Å². The zero-order valence-electron chi connectivity index (χ0n) is 12.9. The Balaban J connectivity index is 1.75. The summed E-state index contributed by atoms with van der Waals surface area (Å²) in [6.45, 7) is 5.45. The second-order valence-corrected chi connectivity index (χ2v) is 7.97. The summed E-state index contributed by atoms with van der Waals surface area (Å²) in [5.74, 6) is 3.63. The van der Waals surface area contributed by atoms with Crippen LogP contribution in [0.1, 0.15) is 48.8 Å². The van der Waals surface area contributed by atoms with Crippen molar-refractivity contribution in [1.29, 1.82) is 0 Å². The van der Waals surface area contributed by atoms with Crippen LogP contribution in [-0.2, 0) is 5.41 Å². The monoisotopic (exact) mass is 269 g/mol. The summed E-state index contributed by atoms with van der Waals surface area (Å²) in [4.78, 5) is 0. The molecule has 5 rings (SSSR count). The lowest BCUT2D eigenvalue weighted by Crippen LogP contribution is -2.54. The molecule has 1 heteroatoms. The molecular weight excluding hydrogens is 242 g/mol. The standard InChI is InChI=1S/C19H27N/c1-12-3-4-18(13(2)5-12)19-8-14-6-15(9-19)17(11-20)16(7-14)10-19/h3-5,14-17H,6-11,20H2,1-2H3. The Labute approximate surface area is 122 Å². The van der Waals surface area contributed by atoms with Gasteiger partial charge in [0, 0.05) is 0 Å². The Morgan fingerprint density at radius 1 is 1.10 bits per heavy atom. The fourth-order valence-electron chi connectivity index (χ4n) is 6.25. The van der Waals surface area contributed by atoms with Crippen LogP contribution in [0.25, 0.3) is 0 Å². The number of aryl methyl sites for hydroxylation is 2. The van der Waals surface area contributed by atoms with E-state index in [2.05, 4.69) is 32.0 Å². The van der Waals surface area contributed by atoms with Gasteiger partial charge in [-0.15, -0.1) is 0 Å². The molecule has 4 fully saturated rings. The van der Waals surface area contributed by atoms with Gasteiger partial charge in [-0.1, -0.05) is 23.8 Å². The lowest BCUT2D eigenvalue weighted by molar-refractivity contribution is -0.0526. The second kappa shape index (κ2) is 4.34. The molecular formula is C19H27N. The first-order valence-electron chi connectivity index (χ1n) is 8.39. The Bertz CT molecular complexity index is 517. The van der Waals surface area contributed by atoms with E-state index in [1.807, 2.05) is 0 Å². The number of hydrogen-bond donors (Lipinski definition) is 1. The van der Waals surface area contributed by atoms with Crippen molar-refractivity contribution in [3.8, 4) is 0 Å². The molecule has 0 aromatic heterocycles. The van der Waals surface area contributed by atoms with E-state index in [9.17, 15) is 0 Å². The average Bonchev–Trinajstić information content (AvgIpc) is 2.37. The quantitative estimate of drug-likeness (QED) is 0.864. The van der Waals surface area contributed by atoms with Gasteiger partial charge in [0.05, 0.1) is 0 Å². The number of benzene rings is 1. The summed E-state index contributed by atoms with van der Waals surface area (Å²) in [5, 5.41) is 0. The molecule has 2 unspecified atom stereocenters. The maximum Gasteiger partial charge on any atom is -0.00362 e. The van der Waals surface area contributed by atoms with E-state index in [0.717, 1.165) is 30.2 Å². The average molecular weight is 269 g/mol. The van der Waals surface area contributed by atoms with Gasteiger partial charge in [-0.05, 0) is 92.7 Å². The first-order chi connectivity index (χ1) is 9.61. The van der Waals surface area contributed by atoms with Crippen LogP contribution in [0, 0.1) is 37.5 Å². The Kier molecular flexibility index (Phi) is 2.79. The number of rotatable bonds is 2. The van der Waals surface area contributed by atoms with Gasteiger partial charge in [0.1, 0.15) is 0 Å². The van der Waals surface area contributed by atoms with Gasteiger partial charge in [0.25, 0.3) is 0 Å². The predicted molar refractivity (Wildman–Crippen MR) is 83.7 cm³/mol. The first kappa shape index (κ1) is 12.9. The molecule has 0 radical (unpaired) electrons. The zero-order valence-corrected chi connectivity index (χ0v) is 12.9. The van der Waals surface area contributed by atoms with Crippen molar-refractivity contribution in [2.45, 2.75) is 51.4 Å². The van der Waals surface area contributed by atoms with Crippen molar-refractivity contribution < 1.29 is 0 Å².